The number of ether oxygens (including phenoxy) is 2. The van der Waals surface area contributed by atoms with Gasteiger partial charge in [-0.05, 0) is 31.0 Å². The van der Waals surface area contributed by atoms with E-state index in [1.54, 1.807) is 7.11 Å². The lowest BCUT2D eigenvalue weighted by Gasteiger charge is -2.46. The summed E-state index contributed by atoms with van der Waals surface area (Å²) in [6.07, 6.45) is 1.92. The van der Waals surface area contributed by atoms with Crippen LogP contribution in [0.15, 0.2) is 22.7 Å². The number of nitrogens with zero attached hydrogens (tertiary/aromatic N) is 1. The van der Waals surface area contributed by atoms with Gasteiger partial charge in [0.1, 0.15) is 5.75 Å². The fraction of sp³-hybridized carbons (Fsp3) is 0.500. The molecule has 0 atom stereocenters. The highest BCUT2D eigenvalue weighted by molar-refractivity contribution is 9.10. The van der Waals surface area contributed by atoms with Gasteiger partial charge in [0.2, 0.25) is 0 Å². The largest absolute Gasteiger partial charge is 0.496 e. The number of hydrogen-bond acceptors (Lipinski definition) is 3. The van der Waals surface area contributed by atoms with Gasteiger partial charge in [0.25, 0.3) is 0 Å². The summed E-state index contributed by atoms with van der Waals surface area (Å²) in [4.78, 5) is 0. The van der Waals surface area contributed by atoms with Crippen molar-refractivity contribution in [3.8, 4) is 11.8 Å². The van der Waals surface area contributed by atoms with Crippen molar-refractivity contribution in [1.82, 2.24) is 0 Å². The molecule has 1 heterocycles. The molecule has 2 aliphatic rings. The van der Waals surface area contributed by atoms with Gasteiger partial charge in [-0.2, -0.15) is 5.26 Å². The van der Waals surface area contributed by atoms with E-state index in [4.69, 9.17) is 9.47 Å². The molecule has 0 aromatic heterocycles. The van der Waals surface area contributed by atoms with Crippen LogP contribution in [-0.2, 0) is 10.2 Å². The number of methoxy groups -OCH3 is 1. The number of rotatable bonds is 3. The Bertz CT molecular complexity index is 527. The predicted octanol–water partition coefficient (Wildman–Crippen LogP) is 3.03. The molecule has 0 radical (unpaired) electrons. The Morgan fingerprint density at radius 1 is 1.39 bits per heavy atom. The highest BCUT2D eigenvalue weighted by Crippen LogP contribution is 2.63. The summed E-state index contributed by atoms with van der Waals surface area (Å²) in [5.74, 6) is 0.850. The van der Waals surface area contributed by atoms with Gasteiger partial charge in [-0.15, -0.1) is 0 Å². The molecule has 0 N–H and O–H groups in total. The third kappa shape index (κ3) is 1.44. The van der Waals surface area contributed by atoms with Crippen molar-refractivity contribution in [2.45, 2.75) is 18.3 Å². The van der Waals surface area contributed by atoms with Crippen LogP contribution in [0.25, 0.3) is 0 Å². The minimum Gasteiger partial charge on any atom is -0.496 e. The zero-order chi connectivity index (χ0) is 12.8. The second-order valence-corrected chi connectivity index (χ2v) is 6.03. The van der Waals surface area contributed by atoms with Crippen molar-refractivity contribution in [3.63, 3.8) is 0 Å². The second kappa shape index (κ2) is 3.97. The third-order valence-electron chi connectivity index (χ3n) is 4.25. The van der Waals surface area contributed by atoms with Crippen LogP contribution in [0.1, 0.15) is 18.4 Å². The Morgan fingerprint density at radius 3 is 2.56 bits per heavy atom. The van der Waals surface area contributed by atoms with Crippen LogP contribution in [0.4, 0.5) is 0 Å². The van der Waals surface area contributed by atoms with E-state index in [2.05, 4.69) is 28.1 Å². The normalized spacial score (nSPS) is 22.7. The predicted molar refractivity (Wildman–Crippen MR) is 70.5 cm³/mol. The van der Waals surface area contributed by atoms with E-state index in [1.165, 1.54) is 0 Å². The summed E-state index contributed by atoms with van der Waals surface area (Å²) in [5, 5.41) is 9.49. The van der Waals surface area contributed by atoms with Crippen molar-refractivity contribution in [3.05, 3.63) is 28.2 Å². The molecule has 1 saturated carbocycles. The van der Waals surface area contributed by atoms with Gasteiger partial charge < -0.3 is 9.47 Å². The molecule has 1 aliphatic carbocycles. The van der Waals surface area contributed by atoms with Crippen molar-refractivity contribution in [1.29, 1.82) is 5.26 Å². The molecule has 0 spiro atoms. The molecule has 3 nitrogen and oxygen atoms in total. The summed E-state index contributed by atoms with van der Waals surface area (Å²) in [6, 6.07) is 8.49. The SMILES string of the molecule is COc1ccc(Br)cc1C1(C2(C#N)CC2)COC1. The molecule has 3 rings (SSSR count). The summed E-state index contributed by atoms with van der Waals surface area (Å²) >= 11 is 3.50. The Morgan fingerprint density at radius 2 is 2.11 bits per heavy atom. The minimum absolute atomic E-state index is 0.184. The maximum atomic E-state index is 9.49. The topological polar surface area (TPSA) is 42.2 Å². The molecule has 1 saturated heterocycles. The monoisotopic (exact) mass is 307 g/mol. The Labute approximate surface area is 115 Å². The van der Waals surface area contributed by atoms with Crippen molar-refractivity contribution < 1.29 is 9.47 Å². The Balaban J connectivity index is 2.13. The van der Waals surface area contributed by atoms with Crippen LogP contribution in [0.2, 0.25) is 0 Å². The quantitative estimate of drug-likeness (QED) is 0.862. The molecule has 0 bridgehead atoms. The molecular weight excluding hydrogens is 294 g/mol. The molecule has 2 fully saturated rings. The molecule has 1 aromatic carbocycles. The molecule has 0 unspecified atom stereocenters. The molecular formula is C14H14BrNO2. The van der Waals surface area contributed by atoms with E-state index in [9.17, 15) is 5.26 Å². The summed E-state index contributed by atoms with van der Waals surface area (Å²) in [7, 11) is 1.67. The van der Waals surface area contributed by atoms with E-state index in [1.807, 2.05) is 12.1 Å². The smallest absolute Gasteiger partial charge is 0.122 e. The molecule has 0 amide bonds. The summed E-state index contributed by atoms with van der Waals surface area (Å²) in [5.41, 5.74) is 0.667. The lowest BCUT2D eigenvalue weighted by atomic mass is 9.66. The Kier molecular flexibility index (Phi) is 2.65. The van der Waals surface area contributed by atoms with E-state index in [-0.39, 0.29) is 10.8 Å². The van der Waals surface area contributed by atoms with Gasteiger partial charge in [-0.3, -0.25) is 0 Å². The highest BCUT2D eigenvalue weighted by Gasteiger charge is 2.65. The third-order valence-corrected chi connectivity index (χ3v) is 4.75. The van der Waals surface area contributed by atoms with Crippen LogP contribution >= 0.6 is 15.9 Å². The van der Waals surface area contributed by atoms with E-state index >= 15 is 0 Å². The lowest BCUT2D eigenvalue weighted by molar-refractivity contribution is -0.0876. The number of nitriles is 1. The van der Waals surface area contributed by atoms with E-state index < -0.39 is 0 Å². The maximum Gasteiger partial charge on any atom is 0.122 e. The number of halogens is 1. The van der Waals surface area contributed by atoms with Gasteiger partial charge in [-0.25, -0.2) is 0 Å². The fourth-order valence-corrected chi connectivity index (χ4v) is 3.23. The van der Waals surface area contributed by atoms with Crippen LogP contribution in [0.5, 0.6) is 5.75 Å². The average molecular weight is 308 g/mol. The molecule has 1 aliphatic heterocycles. The number of benzene rings is 1. The van der Waals surface area contributed by atoms with E-state index in [0.717, 1.165) is 28.6 Å². The van der Waals surface area contributed by atoms with Gasteiger partial charge >= 0.3 is 0 Å². The summed E-state index contributed by atoms with van der Waals surface area (Å²) in [6.45, 7) is 1.24. The lowest BCUT2D eigenvalue weighted by Crippen LogP contribution is -2.53. The average Bonchev–Trinajstić information content (AvgIpc) is 3.09. The van der Waals surface area contributed by atoms with Crippen molar-refractivity contribution in [2.75, 3.05) is 20.3 Å². The molecule has 1 aromatic rings. The zero-order valence-corrected chi connectivity index (χ0v) is 11.8. The molecule has 94 valence electrons. The van der Waals surface area contributed by atoms with Gasteiger partial charge in [0.05, 0.1) is 37.2 Å². The molecule has 18 heavy (non-hydrogen) atoms. The summed E-state index contributed by atoms with van der Waals surface area (Å²) < 4.78 is 11.9. The first-order chi connectivity index (χ1) is 8.67. The fourth-order valence-electron chi connectivity index (χ4n) is 2.87. The standard InChI is InChI=1S/C14H14BrNO2/c1-17-12-3-2-10(15)6-11(12)14(8-18-9-14)13(7-16)4-5-13/h2-3,6H,4-5,8-9H2,1H3. The van der Waals surface area contributed by atoms with Gasteiger partial charge in [0.15, 0.2) is 0 Å². The van der Waals surface area contributed by atoms with Gasteiger partial charge in [-0.1, -0.05) is 15.9 Å². The van der Waals surface area contributed by atoms with Crippen LogP contribution < -0.4 is 4.74 Å². The zero-order valence-electron chi connectivity index (χ0n) is 10.2. The second-order valence-electron chi connectivity index (χ2n) is 5.11. The van der Waals surface area contributed by atoms with Crippen LogP contribution in [0, 0.1) is 16.7 Å². The highest BCUT2D eigenvalue weighted by atomic mass is 79.9. The first-order valence-electron chi connectivity index (χ1n) is 6.00. The van der Waals surface area contributed by atoms with Crippen LogP contribution in [-0.4, -0.2) is 20.3 Å². The van der Waals surface area contributed by atoms with Gasteiger partial charge in [0, 0.05) is 10.0 Å². The number of hydrogen-bond donors (Lipinski definition) is 0. The van der Waals surface area contributed by atoms with Crippen molar-refractivity contribution in [2.24, 2.45) is 5.41 Å². The van der Waals surface area contributed by atoms with Crippen molar-refractivity contribution >= 4 is 15.9 Å². The minimum atomic E-state index is -0.251. The molecule has 4 heteroatoms. The van der Waals surface area contributed by atoms with Crippen LogP contribution in [0.3, 0.4) is 0 Å². The first kappa shape index (κ1) is 12.0. The Hall–Kier alpha value is -1.05. The van der Waals surface area contributed by atoms with E-state index in [0.29, 0.717) is 13.2 Å². The first-order valence-corrected chi connectivity index (χ1v) is 6.80. The maximum absolute atomic E-state index is 9.49.